The number of hydrogen-bond acceptors (Lipinski definition) is 2. The lowest BCUT2D eigenvalue weighted by atomic mass is 9.93. The summed E-state index contributed by atoms with van der Waals surface area (Å²) < 4.78 is 13.1. The first-order chi connectivity index (χ1) is 5.41. The molecule has 1 saturated heterocycles. The average Bonchev–Trinajstić information content (AvgIpc) is 1.82. The van der Waals surface area contributed by atoms with Gasteiger partial charge in [0, 0.05) is 25.6 Å². The predicted molar refractivity (Wildman–Crippen MR) is 46.8 cm³/mol. The molecule has 0 spiro atoms. The van der Waals surface area contributed by atoms with Gasteiger partial charge in [0.1, 0.15) is 6.17 Å². The first-order valence-electron chi connectivity index (χ1n) is 4.51. The molecule has 0 radical (unpaired) electrons. The van der Waals surface area contributed by atoms with E-state index in [2.05, 4.69) is 0 Å². The Morgan fingerprint density at radius 2 is 2.17 bits per heavy atom. The minimum Gasteiger partial charge on any atom is -0.389 e. The van der Waals surface area contributed by atoms with Crippen LogP contribution in [-0.4, -0.2) is 40.9 Å². The van der Waals surface area contributed by atoms with E-state index in [1.165, 1.54) is 0 Å². The lowest BCUT2D eigenvalue weighted by Crippen LogP contribution is -2.53. The van der Waals surface area contributed by atoms with Gasteiger partial charge in [-0.1, -0.05) is 0 Å². The monoisotopic (exact) mass is 175 g/mol. The van der Waals surface area contributed by atoms with Crippen molar-refractivity contribution < 1.29 is 9.50 Å². The van der Waals surface area contributed by atoms with Gasteiger partial charge in [0.15, 0.2) is 0 Å². The molecule has 2 atom stereocenters. The molecule has 1 fully saturated rings. The summed E-state index contributed by atoms with van der Waals surface area (Å²) in [4.78, 5) is 1.98. The molecule has 12 heavy (non-hydrogen) atoms. The highest BCUT2D eigenvalue weighted by molar-refractivity contribution is 4.88. The largest absolute Gasteiger partial charge is 0.389 e. The Morgan fingerprint density at radius 3 is 2.58 bits per heavy atom. The lowest BCUT2D eigenvalue weighted by Gasteiger charge is -2.40. The SMILES string of the molecule is CC(C)N1CC(F)CC(C)(O)C1. The fourth-order valence-electron chi connectivity index (χ4n) is 1.76. The summed E-state index contributed by atoms with van der Waals surface area (Å²) in [5.74, 6) is 0. The third kappa shape index (κ3) is 2.42. The van der Waals surface area contributed by atoms with Crippen LogP contribution in [0.3, 0.4) is 0 Å². The third-order valence-corrected chi connectivity index (χ3v) is 2.37. The molecule has 0 saturated carbocycles. The van der Waals surface area contributed by atoms with Crippen LogP contribution in [0.4, 0.5) is 4.39 Å². The molecule has 1 N–H and O–H groups in total. The average molecular weight is 175 g/mol. The number of nitrogens with zero attached hydrogens (tertiary/aromatic N) is 1. The van der Waals surface area contributed by atoms with Crippen molar-refractivity contribution in [2.24, 2.45) is 0 Å². The van der Waals surface area contributed by atoms with E-state index in [9.17, 15) is 9.50 Å². The summed E-state index contributed by atoms with van der Waals surface area (Å²) in [6, 6.07) is 0.315. The maximum Gasteiger partial charge on any atom is 0.116 e. The van der Waals surface area contributed by atoms with Gasteiger partial charge in [-0.2, -0.15) is 0 Å². The highest BCUT2D eigenvalue weighted by Gasteiger charge is 2.35. The van der Waals surface area contributed by atoms with Gasteiger partial charge in [-0.25, -0.2) is 4.39 Å². The molecule has 0 amide bonds. The fourth-order valence-corrected chi connectivity index (χ4v) is 1.76. The summed E-state index contributed by atoms with van der Waals surface area (Å²) in [5.41, 5.74) is -0.845. The Hall–Kier alpha value is -0.150. The van der Waals surface area contributed by atoms with Gasteiger partial charge in [0.05, 0.1) is 5.60 Å². The zero-order chi connectivity index (χ0) is 9.35. The van der Waals surface area contributed by atoms with Crippen molar-refractivity contribution in [3.05, 3.63) is 0 Å². The number of rotatable bonds is 1. The van der Waals surface area contributed by atoms with Crippen molar-refractivity contribution in [1.82, 2.24) is 4.90 Å². The van der Waals surface area contributed by atoms with Crippen molar-refractivity contribution in [2.75, 3.05) is 13.1 Å². The predicted octanol–water partition coefficient (Wildman–Crippen LogP) is 1.19. The molecule has 1 aliphatic rings. The van der Waals surface area contributed by atoms with Crippen LogP contribution in [0.2, 0.25) is 0 Å². The molecule has 0 bridgehead atoms. The number of likely N-dealkylation sites (tertiary alicyclic amines) is 1. The molecule has 1 heterocycles. The second kappa shape index (κ2) is 3.30. The van der Waals surface area contributed by atoms with E-state index in [0.717, 1.165) is 0 Å². The molecule has 0 aromatic heterocycles. The fraction of sp³-hybridized carbons (Fsp3) is 1.00. The van der Waals surface area contributed by atoms with Crippen LogP contribution in [0, 0.1) is 0 Å². The van der Waals surface area contributed by atoms with Gasteiger partial charge in [0.25, 0.3) is 0 Å². The first-order valence-corrected chi connectivity index (χ1v) is 4.51. The molecule has 72 valence electrons. The van der Waals surface area contributed by atoms with Crippen molar-refractivity contribution >= 4 is 0 Å². The zero-order valence-electron chi connectivity index (χ0n) is 8.05. The minimum absolute atomic E-state index is 0.274. The summed E-state index contributed by atoms with van der Waals surface area (Å²) in [6.45, 7) is 6.80. The van der Waals surface area contributed by atoms with Gasteiger partial charge in [-0.05, 0) is 20.8 Å². The molecular formula is C9H18FNO. The Balaban J connectivity index is 2.58. The molecule has 1 rings (SSSR count). The number of piperidine rings is 1. The van der Waals surface area contributed by atoms with Crippen molar-refractivity contribution in [3.8, 4) is 0 Å². The second-order valence-corrected chi connectivity index (χ2v) is 4.32. The molecule has 0 aromatic carbocycles. The van der Waals surface area contributed by atoms with Crippen LogP contribution in [0.5, 0.6) is 0 Å². The number of halogens is 1. The third-order valence-electron chi connectivity index (χ3n) is 2.37. The molecular weight excluding hydrogens is 157 g/mol. The lowest BCUT2D eigenvalue weighted by molar-refractivity contribution is -0.0556. The van der Waals surface area contributed by atoms with Crippen LogP contribution in [0.1, 0.15) is 27.2 Å². The van der Waals surface area contributed by atoms with Crippen LogP contribution in [0.15, 0.2) is 0 Å². The van der Waals surface area contributed by atoms with E-state index >= 15 is 0 Å². The molecule has 3 heteroatoms. The standard InChI is InChI=1S/C9H18FNO/c1-7(2)11-5-8(10)4-9(3,12)6-11/h7-8,12H,4-6H2,1-3H3. The van der Waals surface area contributed by atoms with E-state index in [-0.39, 0.29) is 6.42 Å². The molecule has 2 nitrogen and oxygen atoms in total. The normalized spacial score (nSPS) is 39.0. The van der Waals surface area contributed by atoms with Gasteiger partial charge in [-0.15, -0.1) is 0 Å². The van der Waals surface area contributed by atoms with Gasteiger partial charge < -0.3 is 5.11 Å². The first kappa shape index (κ1) is 9.93. The van der Waals surface area contributed by atoms with E-state index in [1.807, 2.05) is 18.7 Å². The molecule has 1 aliphatic heterocycles. The summed E-state index contributed by atoms with van der Waals surface area (Å²) in [5, 5.41) is 9.68. The van der Waals surface area contributed by atoms with Crippen molar-refractivity contribution in [1.29, 1.82) is 0 Å². The van der Waals surface area contributed by atoms with Crippen LogP contribution in [0.25, 0.3) is 0 Å². The molecule has 0 aliphatic carbocycles. The Labute approximate surface area is 73.4 Å². The van der Waals surface area contributed by atoms with Gasteiger partial charge in [0.2, 0.25) is 0 Å². The summed E-state index contributed by atoms with van der Waals surface area (Å²) >= 11 is 0. The van der Waals surface area contributed by atoms with Crippen LogP contribution < -0.4 is 0 Å². The van der Waals surface area contributed by atoms with Gasteiger partial charge in [-0.3, -0.25) is 4.90 Å². The number of hydrogen-bond donors (Lipinski definition) is 1. The molecule has 0 aromatic rings. The quantitative estimate of drug-likeness (QED) is 0.647. The number of aliphatic hydroxyl groups is 1. The van der Waals surface area contributed by atoms with E-state index < -0.39 is 11.8 Å². The molecule has 2 unspecified atom stereocenters. The number of β-amino-alcohol motifs (C(OH)–C–C–N with tert-alkyl or cyclic N) is 1. The van der Waals surface area contributed by atoms with E-state index in [0.29, 0.717) is 19.1 Å². The van der Waals surface area contributed by atoms with Crippen LogP contribution in [-0.2, 0) is 0 Å². The Morgan fingerprint density at radius 1 is 1.58 bits per heavy atom. The van der Waals surface area contributed by atoms with Crippen LogP contribution >= 0.6 is 0 Å². The van der Waals surface area contributed by atoms with Gasteiger partial charge >= 0.3 is 0 Å². The highest BCUT2D eigenvalue weighted by atomic mass is 19.1. The Kier molecular flexibility index (Phi) is 2.74. The maximum absolute atomic E-state index is 13.1. The topological polar surface area (TPSA) is 23.5 Å². The van der Waals surface area contributed by atoms with E-state index in [4.69, 9.17) is 0 Å². The number of alkyl halides is 1. The maximum atomic E-state index is 13.1. The second-order valence-electron chi connectivity index (χ2n) is 4.32. The Bertz CT molecular complexity index is 159. The zero-order valence-corrected chi connectivity index (χ0v) is 8.05. The van der Waals surface area contributed by atoms with E-state index in [1.54, 1.807) is 6.92 Å². The van der Waals surface area contributed by atoms with Crippen molar-refractivity contribution in [3.63, 3.8) is 0 Å². The smallest absolute Gasteiger partial charge is 0.116 e. The summed E-state index contributed by atoms with van der Waals surface area (Å²) in [6.07, 6.45) is -0.605. The summed E-state index contributed by atoms with van der Waals surface area (Å²) in [7, 11) is 0. The minimum atomic E-state index is -0.879. The van der Waals surface area contributed by atoms with Crippen molar-refractivity contribution in [2.45, 2.75) is 45.0 Å². The highest BCUT2D eigenvalue weighted by Crippen LogP contribution is 2.23.